The van der Waals surface area contributed by atoms with Crippen LogP contribution < -0.4 is 9.62 Å². The molecule has 2 unspecified atom stereocenters. The quantitative estimate of drug-likeness (QED) is 0.829. The number of nitrogens with one attached hydrogen (secondary N) is 1. The molecule has 1 N–H and O–H groups in total. The highest BCUT2D eigenvalue weighted by Gasteiger charge is 2.48. The molecule has 0 radical (unpaired) electrons. The summed E-state index contributed by atoms with van der Waals surface area (Å²) in [5, 5.41) is 0.887. The van der Waals surface area contributed by atoms with Crippen molar-refractivity contribution in [3.63, 3.8) is 0 Å². The van der Waals surface area contributed by atoms with Crippen molar-refractivity contribution in [2.24, 2.45) is 5.41 Å². The zero-order chi connectivity index (χ0) is 20.2. The molecule has 3 fully saturated rings. The second kappa shape index (κ2) is 6.93. The van der Waals surface area contributed by atoms with Crippen LogP contribution in [0.15, 0.2) is 29.2 Å². The fourth-order valence-corrected chi connectivity index (χ4v) is 6.50. The van der Waals surface area contributed by atoms with E-state index in [1.807, 2.05) is 19.1 Å². The molecule has 5 rings (SSSR count). The first-order chi connectivity index (χ1) is 13.9. The van der Waals surface area contributed by atoms with Gasteiger partial charge in [-0.25, -0.2) is 13.1 Å². The highest BCUT2D eigenvalue weighted by atomic mass is 32.2. The molecular formula is C22H29N3O3S. The number of rotatable bonds is 4. The summed E-state index contributed by atoms with van der Waals surface area (Å²) in [6.07, 6.45) is 5.71. The van der Waals surface area contributed by atoms with E-state index in [4.69, 9.17) is 4.74 Å². The van der Waals surface area contributed by atoms with Gasteiger partial charge in [-0.2, -0.15) is 0 Å². The Kier molecular flexibility index (Phi) is 4.60. The van der Waals surface area contributed by atoms with E-state index in [0.717, 1.165) is 49.1 Å². The first-order valence-corrected chi connectivity index (χ1v) is 12.1. The number of ether oxygens (including phenoxy) is 1. The molecule has 2 atom stereocenters. The van der Waals surface area contributed by atoms with Crippen molar-refractivity contribution in [2.45, 2.75) is 63.0 Å². The molecule has 7 heteroatoms. The topological polar surface area (TPSA) is 71.5 Å². The zero-order valence-electron chi connectivity index (χ0n) is 17.1. The van der Waals surface area contributed by atoms with E-state index in [1.165, 1.54) is 12.8 Å². The molecule has 1 aliphatic heterocycles. The molecule has 1 spiro atoms. The Hall–Kier alpha value is -1.70. The molecule has 1 aromatic carbocycles. The fraction of sp³-hybridized carbons (Fsp3) is 0.591. The summed E-state index contributed by atoms with van der Waals surface area (Å²) in [4.78, 5) is 7.23. The predicted molar refractivity (Wildman–Crippen MR) is 114 cm³/mol. The first-order valence-electron chi connectivity index (χ1n) is 10.6. The van der Waals surface area contributed by atoms with E-state index >= 15 is 0 Å². The number of fused-ring (bicyclic) bond motifs is 1. The third kappa shape index (κ3) is 3.64. The second-order valence-corrected chi connectivity index (χ2v) is 10.8. The Balaban J connectivity index is 1.52. The number of aryl methyl sites for hydroxylation is 1. The van der Waals surface area contributed by atoms with Gasteiger partial charge in [0.1, 0.15) is 4.90 Å². The minimum Gasteiger partial charge on any atom is -0.375 e. The number of anilines is 1. The maximum atomic E-state index is 13.3. The van der Waals surface area contributed by atoms with Crippen molar-refractivity contribution < 1.29 is 13.2 Å². The number of hydrogen-bond acceptors (Lipinski definition) is 5. The van der Waals surface area contributed by atoms with E-state index in [1.54, 1.807) is 6.07 Å². The molecular weight excluding hydrogens is 386 g/mol. The van der Waals surface area contributed by atoms with Gasteiger partial charge in [-0.1, -0.05) is 12.1 Å². The molecule has 2 heterocycles. The Morgan fingerprint density at radius 3 is 2.83 bits per heavy atom. The molecule has 3 aliphatic rings. The molecule has 2 aromatic rings. The van der Waals surface area contributed by atoms with Gasteiger partial charge in [0.05, 0.1) is 18.2 Å². The average molecular weight is 416 g/mol. The van der Waals surface area contributed by atoms with Crippen molar-refractivity contribution in [3.8, 4) is 0 Å². The summed E-state index contributed by atoms with van der Waals surface area (Å²) in [6, 6.07) is 7.59. The maximum absolute atomic E-state index is 13.3. The molecule has 0 bridgehead atoms. The van der Waals surface area contributed by atoms with Crippen LogP contribution in [0.25, 0.3) is 10.9 Å². The number of morpholine rings is 1. The standard InChI is InChI=1S/C22H29N3O3S/c1-15-12-19(25-10-11-28-16(2)14-25)18-4-3-5-20(21(18)23-15)29(26,27)24-17-6-7-22(13-17)8-9-22/h3-5,12,16-17,24H,6-11,13-14H2,1-2H3. The number of hydrogen-bond donors (Lipinski definition) is 1. The monoisotopic (exact) mass is 415 g/mol. The van der Waals surface area contributed by atoms with Crippen LogP contribution in [-0.2, 0) is 14.8 Å². The van der Waals surface area contributed by atoms with Crippen molar-refractivity contribution in [2.75, 3.05) is 24.6 Å². The van der Waals surface area contributed by atoms with Gasteiger partial charge >= 0.3 is 0 Å². The molecule has 6 nitrogen and oxygen atoms in total. The van der Waals surface area contributed by atoms with Crippen LogP contribution in [0.5, 0.6) is 0 Å². The third-order valence-corrected chi connectivity index (χ3v) is 8.31. The number of pyridine rings is 1. The van der Waals surface area contributed by atoms with Gasteiger partial charge in [0.25, 0.3) is 0 Å². The second-order valence-electron chi connectivity index (χ2n) is 9.12. The summed E-state index contributed by atoms with van der Waals surface area (Å²) in [7, 11) is -3.62. The lowest BCUT2D eigenvalue weighted by Crippen LogP contribution is -2.41. The van der Waals surface area contributed by atoms with Gasteiger partial charge in [-0.3, -0.25) is 4.98 Å². The Bertz CT molecular complexity index is 1050. The van der Waals surface area contributed by atoms with Gasteiger partial charge in [0, 0.05) is 35.9 Å². The van der Waals surface area contributed by atoms with Crippen molar-refractivity contribution in [3.05, 3.63) is 30.0 Å². The Morgan fingerprint density at radius 2 is 2.10 bits per heavy atom. The summed E-state index contributed by atoms with van der Waals surface area (Å²) in [5.74, 6) is 0. The molecule has 1 saturated heterocycles. The SMILES string of the molecule is Cc1cc(N2CCOC(C)C2)c2cccc(S(=O)(=O)NC3CCC4(CC4)C3)c2n1. The van der Waals surface area contributed by atoms with E-state index in [-0.39, 0.29) is 17.0 Å². The van der Waals surface area contributed by atoms with Crippen molar-refractivity contribution in [1.29, 1.82) is 0 Å². The zero-order valence-corrected chi connectivity index (χ0v) is 18.0. The largest absolute Gasteiger partial charge is 0.375 e. The van der Waals surface area contributed by atoms with Crippen LogP contribution >= 0.6 is 0 Å². The minimum absolute atomic E-state index is 0.0436. The van der Waals surface area contributed by atoms with Crippen molar-refractivity contribution in [1.82, 2.24) is 9.71 Å². The molecule has 1 aromatic heterocycles. The minimum atomic E-state index is -3.62. The van der Waals surface area contributed by atoms with Crippen LogP contribution in [0.1, 0.15) is 44.7 Å². The fourth-order valence-electron chi connectivity index (χ4n) is 5.07. The van der Waals surface area contributed by atoms with E-state index in [0.29, 0.717) is 17.5 Å². The van der Waals surface area contributed by atoms with Gasteiger partial charge in [0.2, 0.25) is 10.0 Å². The van der Waals surface area contributed by atoms with Crippen LogP contribution in [0.2, 0.25) is 0 Å². The van der Waals surface area contributed by atoms with Gasteiger partial charge < -0.3 is 9.64 Å². The number of nitrogens with zero attached hydrogens (tertiary/aromatic N) is 2. The molecule has 2 aliphatic carbocycles. The van der Waals surface area contributed by atoms with Gasteiger partial charge in [0.15, 0.2) is 0 Å². The lowest BCUT2D eigenvalue weighted by atomic mass is 10.1. The maximum Gasteiger partial charge on any atom is 0.242 e. The number of para-hydroxylation sites is 1. The van der Waals surface area contributed by atoms with E-state index < -0.39 is 10.0 Å². The summed E-state index contributed by atoms with van der Waals surface area (Å²) in [5.41, 5.74) is 2.86. The smallest absolute Gasteiger partial charge is 0.242 e. The predicted octanol–water partition coefficient (Wildman–Crippen LogP) is 3.38. The first kappa shape index (κ1) is 19.3. The summed E-state index contributed by atoms with van der Waals surface area (Å²) < 4.78 is 35.3. The molecule has 156 valence electrons. The van der Waals surface area contributed by atoms with Crippen LogP contribution in [-0.4, -0.2) is 45.2 Å². The highest BCUT2D eigenvalue weighted by Crippen LogP contribution is 2.57. The van der Waals surface area contributed by atoms with E-state index in [9.17, 15) is 8.42 Å². The molecule has 2 saturated carbocycles. The third-order valence-electron chi connectivity index (χ3n) is 6.76. The lowest BCUT2D eigenvalue weighted by Gasteiger charge is -2.33. The Labute approximate surface area is 172 Å². The number of aromatic nitrogens is 1. The normalized spacial score (nSPS) is 26.3. The number of sulfonamides is 1. The van der Waals surface area contributed by atoms with Gasteiger partial charge in [-0.15, -0.1) is 0 Å². The van der Waals surface area contributed by atoms with Crippen LogP contribution in [0.4, 0.5) is 5.69 Å². The van der Waals surface area contributed by atoms with Crippen molar-refractivity contribution >= 4 is 26.6 Å². The van der Waals surface area contributed by atoms with Crippen LogP contribution in [0.3, 0.4) is 0 Å². The van der Waals surface area contributed by atoms with E-state index in [2.05, 4.69) is 27.6 Å². The average Bonchev–Trinajstić information content (AvgIpc) is 3.32. The van der Waals surface area contributed by atoms with Gasteiger partial charge in [-0.05, 0) is 63.5 Å². The highest BCUT2D eigenvalue weighted by molar-refractivity contribution is 7.89. The summed E-state index contributed by atoms with van der Waals surface area (Å²) in [6.45, 7) is 6.25. The Morgan fingerprint density at radius 1 is 1.28 bits per heavy atom. The number of benzene rings is 1. The molecule has 0 amide bonds. The van der Waals surface area contributed by atoms with Crippen LogP contribution in [0, 0.1) is 12.3 Å². The lowest BCUT2D eigenvalue weighted by molar-refractivity contribution is 0.0533. The summed E-state index contributed by atoms with van der Waals surface area (Å²) >= 11 is 0. The molecule has 29 heavy (non-hydrogen) atoms.